The van der Waals surface area contributed by atoms with Gasteiger partial charge in [-0.25, -0.2) is 0 Å². The summed E-state index contributed by atoms with van der Waals surface area (Å²) in [4.78, 5) is 0. The number of hydrogen-bond donors (Lipinski definition) is 0. The van der Waals surface area contributed by atoms with Crippen LogP contribution in [0.15, 0.2) is 30.4 Å². The molecule has 18 heavy (non-hydrogen) atoms. The van der Waals surface area contributed by atoms with E-state index in [9.17, 15) is 0 Å². The van der Waals surface area contributed by atoms with Crippen LogP contribution in [0, 0.1) is 5.92 Å². The minimum Gasteiger partial charge on any atom is -0.0917 e. The summed E-state index contributed by atoms with van der Waals surface area (Å²) in [5.74, 6) is 1.48. The second-order valence-corrected chi connectivity index (χ2v) is 6.02. The van der Waals surface area contributed by atoms with Crippen LogP contribution in [0.2, 0.25) is 10.0 Å². The van der Waals surface area contributed by atoms with Gasteiger partial charge in [0.05, 0.1) is 10.0 Å². The minimum atomic E-state index is 0.654. The minimum absolute atomic E-state index is 0.654. The average molecular weight is 283 g/mol. The van der Waals surface area contributed by atoms with Crippen molar-refractivity contribution in [3.8, 4) is 0 Å². The summed E-state index contributed by atoms with van der Waals surface area (Å²) in [6.07, 6.45) is 10.9. The lowest BCUT2D eigenvalue weighted by Gasteiger charge is -2.29. The second kappa shape index (κ2) is 6.63. The fourth-order valence-corrected chi connectivity index (χ4v) is 3.21. The van der Waals surface area contributed by atoms with Crippen LogP contribution in [0.5, 0.6) is 0 Å². The number of halogens is 2. The van der Waals surface area contributed by atoms with E-state index in [0.29, 0.717) is 16.0 Å². The molecule has 1 aliphatic rings. The van der Waals surface area contributed by atoms with Crippen molar-refractivity contribution in [2.24, 2.45) is 5.92 Å². The highest BCUT2D eigenvalue weighted by Crippen LogP contribution is 2.39. The van der Waals surface area contributed by atoms with Crippen molar-refractivity contribution in [3.05, 3.63) is 46.0 Å². The summed E-state index contributed by atoms with van der Waals surface area (Å²) in [7, 11) is 0. The van der Waals surface area contributed by atoms with Crippen LogP contribution in [0.3, 0.4) is 0 Å². The molecule has 1 aliphatic carbocycles. The number of benzene rings is 1. The zero-order chi connectivity index (χ0) is 13.0. The van der Waals surface area contributed by atoms with Crippen LogP contribution in [0.4, 0.5) is 0 Å². The molecule has 2 heteroatoms. The van der Waals surface area contributed by atoms with Gasteiger partial charge >= 0.3 is 0 Å². The third-order valence-electron chi connectivity index (χ3n) is 3.90. The van der Waals surface area contributed by atoms with Crippen molar-refractivity contribution in [1.29, 1.82) is 0 Å². The van der Waals surface area contributed by atoms with Gasteiger partial charge in [-0.2, -0.15) is 0 Å². The predicted octanol–water partition coefficient (Wildman–Crippen LogP) is 6.23. The van der Waals surface area contributed by atoms with Crippen molar-refractivity contribution in [2.45, 2.75) is 44.9 Å². The zero-order valence-electron chi connectivity index (χ0n) is 10.8. The Balaban J connectivity index is 2.05. The van der Waals surface area contributed by atoms with E-state index < -0.39 is 0 Å². The average Bonchev–Trinajstić information content (AvgIpc) is 2.40. The molecule has 2 rings (SSSR count). The van der Waals surface area contributed by atoms with Gasteiger partial charge in [-0.1, -0.05) is 54.3 Å². The van der Waals surface area contributed by atoms with Crippen LogP contribution >= 0.6 is 23.2 Å². The first kappa shape index (κ1) is 14.0. The van der Waals surface area contributed by atoms with E-state index in [2.05, 4.69) is 25.1 Å². The molecule has 0 radical (unpaired) electrons. The van der Waals surface area contributed by atoms with Crippen molar-refractivity contribution in [3.63, 3.8) is 0 Å². The Kier molecular flexibility index (Phi) is 5.14. The van der Waals surface area contributed by atoms with Gasteiger partial charge in [0.15, 0.2) is 0 Å². The van der Waals surface area contributed by atoms with E-state index in [-0.39, 0.29) is 0 Å². The smallest absolute Gasteiger partial charge is 0.0595 e. The SMILES string of the molecule is CC=CCC1CCCC(c2ccc(Cl)c(Cl)c2)C1. The van der Waals surface area contributed by atoms with Crippen LogP contribution in [0.25, 0.3) is 0 Å². The zero-order valence-corrected chi connectivity index (χ0v) is 12.3. The summed E-state index contributed by atoms with van der Waals surface area (Å²) < 4.78 is 0. The van der Waals surface area contributed by atoms with Gasteiger partial charge in [0.25, 0.3) is 0 Å². The van der Waals surface area contributed by atoms with E-state index in [1.54, 1.807) is 0 Å². The van der Waals surface area contributed by atoms with E-state index in [1.807, 2.05) is 12.1 Å². The van der Waals surface area contributed by atoms with E-state index in [4.69, 9.17) is 23.2 Å². The maximum Gasteiger partial charge on any atom is 0.0595 e. The molecule has 0 spiro atoms. The lowest BCUT2D eigenvalue weighted by Crippen LogP contribution is -2.13. The molecule has 1 fully saturated rings. The van der Waals surface area contributed by atoms with Gasteiger partial charge in [0.1, 0.15) is 0 Å². The first-order valence-electron chi connectivity index (χ1n) is 6.76. The Bertz CT molecular complexity index is 423. The van der Waals surface area contributed by atoms with Gasteiger partial charge in [0.2, 0.25) is 0 Å². The molecule has 0 amide bonds. The molecule has 1 aromatic rings. The Morgan fingerprint density at radius 3 is 2.78 bits per heavy atom. The maximum atomic E-state index is 6.11. The van der Waals surface area contributed by atoms with Gasteiger partial charge < -0.3 is 0 Å². The highest BCUT2D eigenvalue weighted by atomic mass is 35.5. The van der Waals surface area contributed by atoms with Crippen molar-refractivity contribution < 1.29 is 0 Å². The van der Waals surface area contributed by atoms with Gasteiger partial charge in [-0.15, -0.1) is 0 Å². The second-order valence-electron chi connectivity index (χ2n) is 5.21. The molecule has 1 saturated carbocycles. The van der Waals surface area contributed by atoms with E-state index in [0.717, 1.165) is 5.92 Å². The van der Waals surface area contributed by atoms with Crippen LogP contribution in [0.1, 0.15) is 50.5 Å². The van der Waals surface area contributed by atoms with Crippen LogP contribution in [-0.2, 0) is 0 Å². The first-order chi connectivity index (χ1) is 8.70. The normalized spacial score (nSPS) is 24.6. The molecule has 0 aromatic heterocycles. The molecule has 0 bridgehead atoms. The van der Waals surface area contributed by atoms with Crippen LogP contribution < -0.4 is 0 Å². The fraction of sp³-hybridized carbons (Fsp3) is 0.500. The maximum absolute atomic E-state index is 6.11. The Hall–Kier alpha value is -0.460. The molecule has 0 N–H and O–H groups in total. The molecular formula is C16H20Cl2. The number of rotatable bonds is 3. The Morgan fingerprint density at radius 1 is 1.22 bits per heavy atom. The van der Waals surface area contributed by atoms with Crippen LogP contribution in [-0.4, -0.2) is 0 Å². The molecule has 2 unspecified atom stereocenters. The fourth-order valence-electron chi connectivity index (χ4n) is 2.90. The topological polar surface area (TPSA) is 0 Å². The molecule has 2 atom stereocenters. The summed E-state index contributed by atoms with van der Waals surface area (Å²) in [5.41, 5.74) is 1.36. The quantitative estimate of drug-likeness (QED) is 0.576. The molecule has 0 heterocycles. The summed E-state index contributed by atoms with van der Waals surface area (Å²) in [6.45, 7) is 2.10. The van der Waals surface area contributed by atoms with E-state index in [1.165, 1.54) is 37.7 Å². The molecule has 0 aliphatic heterocycles. The van der Waals surface area contributed by atoms with Gasteiger partial charge in [-0.3, -0.25) is 0 Å². The van der Waals surface area contributed by atoms with Gasteiger partial charge in [-0.05, 0) is 55.7 Å². The Morgan fingerprint density at radius 2 is 2.06 bits per heavy atom. The molecule has 0 nitrogen and oxygen atoms in total. The largest absolute Gasteiger partial charge is 0.0917 e. The highest BCUT2D eigenvalue weighted by Gasteiger charge is 2.22. The van der Waals surface area contributed by atoms with Crippen molar-refractivity contribution in [2.75, 3.05) is 0 Å². The lowest BCUT2D eigenvalue weighted by molar-refractivity contribution is 0.324. The number of hydrogen-bond acceptors (Lipinski definition) is 0. The van der Waals surface area contributed by atoms with Crippen molar-refractivity contribution >= 4 is 23.2 Å². The Labute approximate surface area is 120 Å². The molecule has 0 saturated heterocycles. The first-order valence-corrected chi connectivity index (χ1v) is 7.52. The summed E-state index contributed by atoms with van der Waals surface area (Å²) >= 11 is 12.1. The predicted molar refractivity (Wildman–Crippen MR) is 80.6 cm³/mol. The summed E-state index contributed by atoms with van der Waals surface area (Å²) in [5, 5.41) is 1.34. The highest BCUT2D eigenvalue weighted by molar-refractivity contribution is 6.42. The molecular weight excluding hydrogens is 263 g/mol. The lowest BCUT2D eigenvalue weighted by atomic mass is 9.77. The van der Waals surface area contributed by atoms with E-state index >= 15 is 0 Å². The van der Waals surface area contributed by atoms with Gasteiger partial charge in [0, 0.05) is 0 Å². The standard InChI is InChI=1S/C16H20Cl2/c1-2-3-5-12-6-4-7-13(10-12)14-8-9-15(17)16(18)11-14/h2-3,8-9,11-13H,4-7,10H2,1H3. The number of allylic oxidation sites excluding steroid dienone is 2. The summed E-state index contributed by atoms with van der Waals surface area (Å²) in [6, 6.07) is 6.11. The van der Waals surface area contributed by atoms with Crippen molar-refractivity contribution in [1.82, 2.24) is 0 Å². The third-order valence-corrected chi connectivity index (χ3v) is 4.64. The molecule has 1 aromatic carbocycles. The third kappa shape index (κ3) is 3.52. The molecule has 98 valence electrons. The monoisotopic (exact) mass is 282 g/mol.